The van der Waals surface area contributed by atoms with E-state index in [1.54, 1.807) is 14.4 Å². The topological polar surface area (TPSA) is 95.4 Å². The Bertz CT molecular complexity index is 2880. The predicted octanol–water partition coefficient (Wildman–Crippen LogP) is 8.64. The summed E-state index contributed by atoms with van der Waals surface area (Å²) in [6.45, 7) is 4.63. The van der Waals surface area contributed by atoms with Gasteiger partial charge in [0.05, 0.1) is 17.1 Å². The molecule has 0 saturated heterocycles. The van der Waals surface area contributed by atoms with Gasteiger partial charge in [-0.1, -0.05) is 92.7 Å². The predicted molar refractivity (Wildman–Crippen MR) is 206 cm³/mol. The number of aromatic nitrogens is 9. The number of nitrogens with zero attached hydrogens (tertiary/aromatic N) is 10. The third kappa shape index (κ3) is 4.30. The van der Waals surface area contributed by atoms with Crippen LogP contribution in [0.25, 0.3) is 66.5 Å². The van der Waals surface area contributed by atoms with Crippen LogP contribution in [0.5, 0.6) is 0 Å². The van der Waals surface area contributed by atoms with Crippen molar-refractivity contribution in [1.29, 1.82) is 0 Å². The molecule has 0 aliphatic heterocycles. The number of anilines is 3. The summed E-state index contributed by atoms with van der Waals surface area (Å²) in [4.78, 5) is 7.11. The lowest BCUT2D eigenvalue weighted by Gasteiger charge is -2.27. The number of rotatable bonds is 5. The van der Waals surface area contributed by atoms with Gasteiger partial charge in [-0.2, -0.15) is 45.0 Å². The minimum absolute atomic E-state index is 0.193. The quantitative estimate of drug-likeness (QED) is 0.180. The van der Waals surface area contributed by atoms with Crippen LogP contribution in [0.4, 0.5) is 17.1 Å². The first-order valence-corrected chi connectivity index (χ1v) is 17.4. The van der Waals surface area contributed by atoms with Crippen LogP contribution in [0.15, 0.2) is 115 Å². The minimum Gasteiger partial charge on any atom is -0.304 e. The van der Waals surface area contributed by atoms with Crippen LogP contribution < -0.4 is 4.90 Å². The molecule has 252 valence electrons. The van der Waals surface area contributed by atoms with Crippen LogP contribution in [0.1, 0.15) is 25.0 Å². The van der Waals surface area contributed by atoms with E-state index in [1.807, 2.05) is 51.5 Å². The molecule has 6 aromatic carbocycles. The molecule has 3 heterocycles. The van der Waals surface area contributed by atoms with E-state index in [4.69, 9.17) is 25.5 Å². The summed E-state index contributed by atoms with van der Waals surface area (Å²) in [5.41, 5.74) is 16.5. The van der Waals surface area contributed by atoms with E-state index < -0.39 is 0 Å². The summed E-state index contributed by atoms with van der Waals surface area (Å²) in [6.07, 6.45) is 0. The monoisotopic (exact) mass is 678 g/mol. The molecule has 0 bridgehead atoms. The van der Waals surface area contributed by atoms with Crippen LogP contribution in [0.2, 0.25) is 0 Å². The number of hydrogen-bond acceptors (Lipinski definition) is 7. The van der Waals surface area contributed by atoms with Crippen LogP contribution >= 0.6 is 0 Å². The summed E-state index contributed by atoms with van der Waals surface area (Å²) < 4.78 is 0. The van der Waals surface area contributed by atoms with Gasteiger partial charge in [0.15, 0.2) is 0 Å². The van der Waals surface area contributed by atoms with Gasteiger partial charge in [0.1, 0.15) is 33.1 Å². The molecule has 1 aliphatic rings. The molecule has 52 heavy (non-hydrogen) atoms. The van der Waals surface area contributed by atoms with E-state index in [0.717, 1.165) is 72.4 Å². The average Bonchev–Trinajstić information content (AvgIpc) is 3.91. The summed E-state index contributed by atoms with van der Waals surface area (Å²) in [6, 6.07) is 40.3. The van der Waals surface area contributed by atoms with Crippen molar-refractivity contribution in [3.05, 3.63) is 126 Å². The fourth-order valence-electron chi connectivity index (χ4n) is 8.26. The second kappa shape index (κ2) is 10.9. The Morgan fingerprint density at radius 1 is 0.423 bits per heavy atom. The second-order valence-corrected chi connectivity index (χ2v) is 14.0. The highest BCUT2D eigenvalue weighted by molar-refractivity contribution is 6.09. The molecule has 9 aromatic rings. The highest BCUT2D eigenvalue weighted by Gasteiger charge is 2.38. The lowest BCUT2D eigenvalue weighted by Crippen LogP contribution is -2.16. The maximum atomic E-state index is 5.06. The molecular formula is C42H34N10. The first kappa shape index (κ1) is 30.2. The summed E-state index contributed by atoms with van der Waals surface area (Å²) >= 11 is 0. The fraction of sp³-hybridized carbons (Fsp3) is 0.143. The zero-order valence-electron chi connectivity index (χ0n) is 29.4. The molecule has 0 saturated carbocycles. The summed E-state index contributed by atoms with van der Waals surface area (Å²) in [7, 11) is 5.59. The van der Waals surface area contributed by atoms with Crippen molar-refractivity contribution < 1.29 is 0 Å². The first-order valence-electron chi connectivity index (χ1n) is 17.4. The standard InChI is InChI=1S/C42H34N10/c1-42(2)31-18-10-9-15-27(31)28-16-11-17-29(36(28)42)30-22-24-35(41-38(30)45-51(5)48-41)52(33-20-12-19-32-39(33)46-49(3)43-32)34-23-21-26(25-13-7-6-8-14-25)37-40(34)47-50(4)44-37/h6-24H,1-5H3. The molecule has 3 aromatic heterocycles. The van der Waals surface area contributed by atoms with Gasteiger partial charge in [0.2, 0.25) is 0 Å². The summed E-state index contributed by atoms with van der Waals surface area (Å²) in [5, 5.41) is 29.5. The van der Waals surface area contributed by atoms with Gasteiger partial charge in [-0.15, -0.1) is 0 Å². The maximum absolute atomic E-state index is 5.06. The first-order chi connectivity index (χ1) is 25.3. The fourth-order valence-corrected chi connectivity index (χ4v) is 8.26. The van der Waals surface area contributed by atoms with E-state index in [9.17, 15) is 0 Å². The summed E-state index contributed by atoms with van der Waals surface area (Å²) in [5.74, 6) is 0. The van der Waals surface area contributed by atoms with Crippen molar-refractivity contribution >= 4 is 50.2 Å². The zero-order chi connectivity index (χ0) is 35.3. The van der Waals surface area contributed by atoms with Gasteiger partial charge in [-0.3, -0.25) is 0 Å². The third-order valence-corrected chi connectivity index (χ3v) is 10.4. The Balaban J connectivity index is 1.25. The van der Waals surface area contributed by atoms with Gasteiger partial charge in [-0.05, 0) is 69.8 Å². The van der Waals surface area contributed by atoms with E-state index in [0.29, 0.717) is 0 Å². The van der Waals surface area contributed by atoms with Crippen molar-refractivity contribution in [3.63, 3.8) is 0 Å². The van der Waals surface area contributed by atoms with Gasteiger partial charge in [-0.25, -0.2) is 0 Å². The van der Waals surface area contributed by atoms with Crippen molar-refractivity contribution in [2.24, 2.45) is 21.1 Å². The van der Waals surface area contributed by atoms with Crippen molar-refractivity contribution in [1.82, 2.24) is 45.0 Å². The van der Waals surface area contributed by atoms with Crippen molar-refractivity contribution in [2.75, 3.05) is 4.90 Å². The Morgan fingerprint density at radius 3 is 1.67 bits per heavy atom. The molecular weight excluding hydrogens is 645 g/mol. The number of hydrogen-bond donors (Lipinski definition) is 0. The Morgan fingerprint density at radius 2 is 0.942 bits per heavy atom. The van der Waals surface area contributed by atoms with Crippen LogP contribution in [-0.4, -0.2) is 45.0 Å². The SMILES string of the molecule is Cn1nc2cccc(N(c3ccc(-c4ccccc4)c4nn(C)nc34)c3ccc(-c4cccc5c4C(C)(C)c4ccccc4-5)c4nn(C)nc34)c2n1. The molecule has 0 atom stereocenters. The molecule has 0 fully saturated rings. The lowest BCUT2D eigenvalue weighted by atomic mass is 9.78. The Labute approximate surface area is 299 Å². The Kier molecular flexibility index (Phi) is 6.33. The molecule has 0 N–H and O–H groups in total. The highest BCUT2D eigenvalue weighted by atomic mass is 15.5. The van der Waals surface area contributed by atoms with Gasteiger partial charge < -0.3 is 4.90 Å². The van der Waals surface area contributed by atoms with Gasteiger partial charge >= 0.3 is 0 Å². The molecule has 1 aliphatic carbocycles. The molecule has 0 unspecified atom stereocenters. The van der Waals surface area contributed by atoms with Crippen molar-refractivity contribution in [2.45, 2.75) is 19.3 Å². The molecule has 10 nitrogen and oxygen atoms in total. The third-order valence-electron chi connectivity index (χ3n) is 10.4. The van der Waals surface area contributed by atoms with E-state index in [1.165, 1.54) is 22.3 Å². The number of benzene rings is 6. The highest BCUT2D eigenvalue weighted by Crippen LogP contribution is 2.53. The largest absolute Gasteiger partial charge is 0.304 e. The smallest absolute Gasteiger partial charge is 0.137 e. The second-order valence-electron chi connectivity index (χ2n) is 14.0. The van der Waals surface area contributed by atoms with Crippen LogP contribution in [-0.2, 0) is 26.6 Å². The average molecular weight is 679 g/mol. The normalized spacial score (nSPS) is 13.2. The molecule has 0 amide bonds. The van der Waals surface area contributed by atoms with Crippen LogP contribution in [0.3, 0.4) is 0 Å². The number of aryl methyl sites for hydroxylation is 3. The van der Waals surface area contributed by atoms with Gasteiger partial charge in [0, 0.05) is 37.7 Å². The van der Waals surface area contributed by atoms with Crippen LogP contribution in [0, 0.1) is 0 Å². The maximum Gasteiger partial charge on any atom is 0.137 e. The number of fused-ring (bicyclic) bond motifs is 6. The van der Waals surface area contributed by atoms with E-state index >= 15 is 0 Å². The molecule has 10 heteroatoms. The van der Waals surface area contributed by atoms with E-state index in [2.05, 4.69) is 109 Å². The van der Waals surface area contributed by atoms with Gasteiger partial charge in [0.25, 0.3) is 0 Å². The molecule has 10 rings (SSSR count). The minimum atomic E-state index is -0.193. The molecule has 0 radical (unpaired) electrons. The van der Waals surface area contributed by atoms with E-state index in [-0.39, 0.29) is 5.41 Å². The van der Waals surface area contributed by atoms with Crippen molar-refractivity contribution in [3.8, 4) is 33.4 Å². The lowest BCUT2D eigenvalue weighted by molar-refractivity contribution is 0.661. The molecule has 0 spiro atoms. The Hall–Kier alpha value is -6.68. The zero-order valence-corrected chi connectivity index (χ0v) is 29.4.